The van der Waals surface area contributed by atoms with Gasteiger partial charge in [0.15, 0.2) is 5.79 Å². The third-order valence-electron chi connectivity index (χ3n) is 6.61. The maximum atomic E-state index is 14.0. The number of piperidine rings is 1. The van der Waals surface area contributed by atoms with E-state index in [9.17, 15) is 9.18 Å². The standard InChI is InChI=1S/C25H28FN3O4/c1-31-21-7-5-18(6-8-21)22-16-23(19-3-2-4-20(26)15-19)29(27-22)24(30)17-28-11-9-25(10-12-28)32-13-14-33-25/h2-8,15,23H,9-14,16-17H2,1H3/t23-/m1/s1. The Morgan fingerprint density at radius 1 is 1.15 bits per heavy atom. The molecule has 0 bridgehead atoms. The van der Waals surface area contributed by atoms with Crippen molar-refractivity contribution in [2.45, 2.75) is 31.1 Å². The summed E-state index contributed by atoms with van der Waals surface area (Å²) < 4.78 is 30.8. The fourth-order valence-electron chi connectivity index (χ4n) is 4.77. The predicted octanol–water partition coefficient (Wildman–Crippen LogP) is 3.35. The Morgan fingerprint density at radius 2 is 1.88 bits per heavy atom. The minimum Gasteiger partial charge on any atom is -0.497 e. The summed E-state index contributed by atoms with van der Waals surface area (Å²) in [6.07, 6.45) is 2.01. The lowest BCUT2D eigenvalue weighted by molar-refractivity contribution is -0.186. The number of nitrogens with zero attached hydrogens (tertiary/aromatic N) is 3. The second-order valence-electron chi connectivity index (χ2n) is 8.67. The van der Waals surface area contributed by atoms with Gasteiger partial charge in [0.2, 0.25) is 0 Å². The third-order valence-corrected chi connectivity index (χ3v) is 6.61. The first-order valence-corrected chi connectivity index (χ1v) is 11.3. The van der Waals surface area contributed by atoms with Crippen LogP contribution in [0.15, 0.2) is 53.6 Å². The first-order valence-electron chi connectivity index (χ1n) is 11.3. The van der Waals surface area contributed by atoms with Gasteiger partial charge in [-0.3, -0.25) is 9.69 Å². The highest BCUT2D eigenvalue weighted by Crippen LogP contribution is 2.35. The molecule has 0 radical (unpaired) electrons. The highest BCUT2D eigenvalue weighted by atomic mass is 19.1. The van der Waals surface area contributed by atoms with Crippen LogP contribution in [0.5, 0.6) is 5.75 Å². The maximum absolute atomic E-state index is 14.0. The number of carbonyl (C=O) groups excluding carboxylic acids is 1. The molecule has 174 valence electrons. The van der Waals surface area contributed by atoms with E-state index in [1.165, 1.54) is 17.1 Å². The lowest BCUT2D eigenvalue weighted by Gasteiger charge is -2.37. The van der Waals surface area contributed by atoms with Crippen LogP contribution in [0.25, 0.3) is 0 Å². The number of likely N-dealkylation sites (tertiary alicyclic amines) is 1. The van der Waals surface area contributed by atoms with Gasteiger partial charge in [0, 0.05) is 32.4 Å². The van der Waals surface area contributed by atoms with Crippen LogP contribution in [-0.4, -0.2) is 67.3 Å². The van der Waals surface area contributed by atoms with Crippen LogP contribution >= 0.6 is 0 Å². The first kappa shape index (κ1) is 22.0. The molecule has 5 rings (SSSR count). The number of carbonyl (C=O) groups is 1. The lowest BCUT2D eigenvalue weighted by atomic mass is 9.98. The minimum absolute atomic E-state index is 0.100. The zero-order chi connectivity index (χ0) is 22.8. The molecule has 0 aromatic heterocycles. The van der Waals surface area contributed by atoms with E-state index in [1.54, 1.807) is 13.2 Å². The smallest absolute Gasteiger partial charge is 0.257 e. The summed E-state index contributed by atoms with van der Waals surface area (Å²) in [6, 6.07) is 13.7. The van der Waals surface area contributed by atoms with E-state index in [0.717, 1.165) is 48.5 Å². The number of hydrogen-bond acceptors (Lipinski definition) is 6. The zero-order valence-corrected chi connectivity index (χ0v) is 18.7. The Kier molecular flexibility index (Phi) is 6.14. The molecule has 33 heavy (non-hydrogen) atoms. The SMILES string of the molecule is COc1ccc(C2=NN(C(=O)CN3CCC4(CC3)OCCO4)[C@@H](c3cccc(F)c3)C2)cc1. The average Bonchev–Trinajstić information content (AvgIpc) is 3.49. The van der Waals surface area contributed by atoms with Gasteiger partial charge in [-0.25, -0.2) is 9.40 Å². The van der Waals surface area contributed by atoms with Crippen molar-refractivity contribution in [3.05, 3.63) is 65.5 Å². The predicted molar refractivity (Wildman–Crippen MR) is 120 cm³/mol. The van der Waals surface area contributed by atoms with Crippen LogP contribution in [0.3, 0.4) is 0 Å². The average molecular weight is 454 g/mol. The molecule has 0 N–H and O–H groups in total. The number of methoxy groups -OCH3 is 1. The maximum Gasteiger partial charge on any atom is 0.257 e. The van der Waals surface area contributed by atoms with Crippen molar-refractivity contribution in [1.29, 1.82) is 0 Å². The number of hydrogen-bond donors (Lipinski definition) is 0. The quantitative estimate of drug-likeness (QED) is 0.695. The largest absolute Gasteiger partial charge is 0.497 e. The Labute approximate surface area is 192 Å². The molecule has 2 saturated heterocycles. The summed E-state index contributed by atoms with van der Waals surface area (Å²) >= 11 is 0. The molecule has 2 aromatic rings. The Morgan fingerprint density at radius 3 is 2.55 bits per heavy atom. The Balaban J connectivity index is 1.34. The van der Waals surface area contributed by atoms with Crippen molar-refractivity contribution in [2.24, 2.45) is 5.10 Å². The highest BCUT2D eigenvalue weighted by Gasteiger charge is 2.41. The Hall–Kier alpha value is -2.81. The van der Waals surface area contributed by atoms with Crippen LogP contribution < -0.4 is 4.74 Å². The molecule has 2 fully saturated rings. The van der Waals surface area contributed by atoms with Crippen LogP contribution in [0.1, 0.15) is 36.4 Å². The molecule has 0 aliphatic carbocycles. The fourth-order valence-corrected chi connectivity index (χ4v) is 4.77. The molecular formula is C25H28FN3O4. The van der Waals surface area contributed by atoms with Crippen LogP contribution in [0.4, 0.5) is 4.39 Å². The third kappa shape index (κ3) is 4.64. The van der Waals surface area contributed by atoms with E-state index in [4.69, 9.17) is 19.3 Å². The van der Waals surface area contributed by atoms with E-state index in [-0.39, 0.29) is 24.3 Å². The van der Waals surface area contributed by atoms with Crippen molar-refractivity contribution >= 4 is 11.6 Å². The molecule has 3 aliphatic heterocycles. The molecular weight excluding hydrogens is 425 g/mol. The molecule has 1 spiro atoms. The number of halogens is 1. The molecule has 8 heteroatoms. The summed E-state index contributed by atoms with van der Waals surface area (Å²) in [5, 5.41) is 6.23. The summed E-state index contributed by atoms with van der Waals surface area (Å²) in [7, 11) is 1.62. The molecule has 7 nitrogen and oxygen atoms in total. The van der Waals surface area contributed by atoms with E-state index in [0.29, 0.717) is 19.6 Å². The van der Waals surface area contributed by atoms with Gasteiger partial charge in [0.1, 0.15) is 11.6 Å². The van der Waals surface area contributed by atoms with Gasteiger partial charge in [-0.1, -0.05) is 12.1 Å². The first-order chi connectivity index (χ1) is 16.0. The van der Waals surface area contributed by atoms with Crippen LogP contribution in [0.2, 0.25) is 0 Å². The van der Waals surface area contributed by atoms with Gasteiger partial charge in [-0.2, -0.15) is 5.10 Å². The lowest BCUT2D eigenvalue weighted by Crippen LogP contribution is -2.48. The zero-order valence-electron chi connectivity index (χ0n) is 18.7. The van der Waals surface area contributed by atoms with Gasteiger partial charge in [0.25, 0.3) is 5.91 Å². The van der Waals surface area contributed by atoms with Gasteiger partial charge in [0.05, 0.1) is 38.6 Å². The minimum atomic E-state index is -0.475. The van der Waals surface area contributed by atoms with Crippen LogP contribution in [0, 0.1) is 5.82 Å². The summed E-state index contributed by atoms with van der Waals surface area (Å²) in [6.45, 7) is 2.95. The van der Waals surface area contributed by atoms with Crippen molar-refractivity contribution in [2.75, 3.05) is 40.0 Å². The molecule has 2 aromatic carbocycles. The number of benzene rings is 2. The molecule has 1 atom stereocenters. The van der Waals surface area contributed by atoms with Gasteiger partial charge in [-0.05, 0) is 47.5 Å². The van der Waals surface area contributed by atoms with Gasteiger partial charge >= 0.3 is 0 Å². The molecule has 3 heterocycles. The number of amides is 1. The van der Waals surface area contributed by atoms with Crippen molar-refractivity contribution < 1.29 is 23.4 Å². The molecule has 0 saturated carbocycles. The van der Waals surface area contributed by atoms with E-state index in [2.05, 4.69) is 4.90 Å². The van der Waals surface area contributed by atoms with Crippen LogP contribution in [-0.2, 0) is 14.3 Å². The number of rotatable bonds is 5. The summed E-state index contributed by atoms with van der Waals surface area (Å²) in [4.78, 5) is 15.5. The number of hydrazone groups is 1. The highest BCUT2D eigenvalue weighted by molar-refractivity contribution is 6.03. The topological polar surface area (TPSA) is 63.6 Å². The van der Waals surface area contributed by atoms with Crippen molar-refractivity contribution in [1.82, 2.24) is 9.91 Å². The van der Waals surface area contributed by atoms with E-state index in [1.807, 2.05) is 30.3 Å². The Bertz CT molecular complexity index is 1030. The van der Waals surface area contributed by atoms with Crippen molar-refractivity contribution in [3.8, 4) is 5.75 Å². The summed E-state index contributed by atoms with van der Waals surface area (Å²) in [5.41, 5.74) is 2.45. The normalized spacial score (nSPS) is 22.5. The van der Waals surface area contributed by atoms with E-state index < -0.39 is 5.79 Å². The molecule has 1 amide bonds. The van der Waals surface area contributed by atoms with Crippen molar-refractivity contribution in [3.63, 3.8) is 0 Å². The number of ether oxygens (including phenoxy) is 3. The van der Waals surface area contributed by atoms with E-state index >= 15 is 0 Å². The molecule has 3 aliphatic rings. The second-order valence-corrected chi connectivity index (χ2v) is 8.67. The second kappa shape index (κ2) is 9.21. The summed E-state index contributed by atoms with van der Waals surface area (Å²) in [5.74, 6) is -0.144. The monoisotopic (exact) mass is 453 g/mol. The molecule has 0 unspecified atom stereocenters. The fraction of sp³-hybridized carbons (Fsp3) is 0.440. The van der Waals surface area contributed by atoms with Gasteiger partial charge < -0.3 is 14.2 Å². The van der Waals surface area contributed by atoms with Gasteiger partial charge in [-0.15, -0.1) is 0 Å².